The van der Waals surface area contributed by atoms with Gasteiger partial charge < -0.3 is 15.0 Å². The van der Waals surface area contributed by atoms with Gasteiger partial charge in [0.15, 0.2) is 0 Å². The van der Waals surface area contributed by atoms with Crippen LogP contribution in [0.4, 0.5) is 0 Å². The molecule has 3 heterocycles. The van der Waals surface area contributed by atoms with Gasteiger partial charge in [0.25, 0.3) is 10.2 Å². The Morgan fingerprint density at radius 3 is 2.30 bits per heavy atom. The maximum absolute atomic E-state index is 12.9. The van der Waals surface area contributed by atoms with Gasteiger partial charge in [0, 0.05) is 64.9 Å². The van der Waals surface area contributed by atoms with E-state index in [0.29, 0.717) is 39.4 Å². The quantitative estimate of drug-likeness (QED) is 0.511. The lowest BCUT2D eigenvalue weighted by atomic mass is 9.94. The third-order valence-electron chi connectivity index (χ3n) is 7.83. The monoisotopic (exact) mass is 485 g/mol. The lowest BCUT2D eigenvalue weighted by Gasteiger charge is -2.40. The van der Waals surface area contributed by atoms with E-state index < -0.39 is 10.2 Å². The molecule has 9 nitrogen and oxygen atoms in total. The molecule has 4 rings (SSSR count). The van der Waals surface area contributed by atoms with E-state index in [0.717, 1.165) is 44.9 Å². The first-order valence-electron chi connectivity index (χ1n) is 13.1. The Balaban J connectivity index is 1.13. The zero-order valence-electron chi connectivity index (χ0n) is 20.1. The van der Waals surface area contributed by atoms with E-state index in [1.54, 1.807) is 0 Å². The molecule has 1 saturated carbocycles. The highest BCUT2D eigenvalue weighted by molar-refractivity contribution is 7.86. The standard InChI is InChI=1S/C23H43N5O4S/c29-23(21-6-4-11-28(20-21)33(30,31)27-16-18-32-19-17-27)24-9-5-10-25-12-14-26(15-13-25)22-7-2-1-3-8-22/h21-22H,1-20H2,(H,24,29)/t21-/m0/s1. The molecule has 0 spiro atoms. The van der Waals surface area contributed by atoms with Gasteiger partial charge in [0.2, 0.25) is 5.91 Å². The normalized spacial score (nSPS) is 28.1. The molecule has 33 heavy (non-hydrogen) atoms. The molecule has 3 aliphatic heterocycles. The number of ether oxygens (including phenoxy) is 1. The molecular formula is C23H43N5O4S. The average molecular weight is 486 g/mol. The smallest absolute Gasteiger partial charge is 0.282 e. The molecule has 0 unspecified atom stereocenters. The van der Waals surface area contributed by atoms with E-state index in [2.05, 4.69) is 15.1 Å². The van der Waals surface area contributed by atoms with Gasteiger partial charge in [-0.05, 0) is 38.6 Å². The highest BCUT2D eigenvalue weighted by Gasteiger charge is 2.36. The molecule has 1 N–H and O–H groups in total. The first-order chi connectivity index (χ1) is 16.0. The van der Waals surface area contributed by atoms with E-state index in [-0.39, 0.29) is 18.4 Å². The van der Waals surface area contributed by atoms with Gasteiger partial charge in [0.05, 0.1) is 19.1 Å². The van der Waals surface area contributed by atoms with Crippen molar-refractivity contribution in [1.29, 1.82) is 0 Å². The summed E-state index contributed by atoms with van der Waals surface area (Å²) in [6.07, 6.45) is 9.36. The van der Waals surface area contributed by atoms with Crippen LogP contribution in [-0.2, 0) is 19.7 Å². The van der Waals surface area contributed by atoms with Gasteiger partial charge in [-0.15, -0.1) is 0 Å². The predicted molar refractivity (Wildman–Crippen MR) is 128 cm³/mol. The number of piperazine rings is 1. The van der Waals surface area contributed by atoms with Crippen LogP contribution in [0.3, 0.4) is 0 Å². The van der Waals surface area contributed by atoms with E-state index >= 15 is 0 Å². The minimum absolute atomic E-state index is 0.000930. The second-order valence-corrected chi connectivity index (χ2v) is 12.0. The van der Waals surface area contributed by atoms with Crippen molar-refractivity contribution >= 4 is 16.1 Å². The largest absolute Gasteiger partial charge is 0.379 e. The van der Waals surface area contributed by atoms with Crippen molar-refractivity contribution in [2.24, 2.45) is 5.92 Å². The zero-order valence-corrected chi connectivity index (χ0v) is 20.9. The summed E-state index contributed by atoms with van der Waals surface area (Å²) in [5.74, 6) is -0.257. The summed E-state index contributed by atoms with van der Waals surface area (Å²) in [6.45, 7) is 8.72. The van der Waals surface area contributed by atoms with Gasteiger partial charge in [-0.1, -0.05) is 19.3 Å². The molecule has 0 aromatic carbocycles. The van der Waals surface area contributed by atoms with Crippen LogP contribution in [0, 0.1) is 5.92 Å². The highest BCUT2D eigenvalue weighted by atomic mass is 32.2. The number of morpholine rings is 1. The summed E-state index contributed by atoms with van der Waals surface area (Å²) < 4.78 is 34.1. The minimum Gasteiger partial charge on any atom is -0.379 e. The number of nitrogens with zero attached hydrogens (tertiary/aromatic N) is 4. The Hall–Kier alpha value is -0.780. The zero-order chi connectivity index (χ0) is 23.1. The van der Waals surface area contributed by atoms with Crippen molar-refractivity contribution in [3.63, 3.8) is 0 Å². The van der Waals surface area contributed by atoms with Gasteiger partial charge in [-0.2, -0.15) is 17.0 Å². The molecule has 190 valence electrons. The van der Waals surface area contributed by atoms with E-state index in [1.807, 2.05) is 0 Å². The Morgan fingerprint density at radius 2 is 1.58 bits per heavy atom. The molecule has 4 aliphatic rings. The van der Waals surface area contributed by atoms with Crippen LogP contribution >= 0.6 is 0 Å². The summed E-state index contributed by atoms with van der Waals surface area (Å²) in [5.41, 5.74) is 0. The fraction of sp³-hybridized carbons (Fsp3) is 0.957. The van der Waals surface area contributed by atoms with Crippen molar-refractivity contribution < 1.29 is 17.9 Å². The molecule has 3 saturated heterocycles. The third-order valence-corrected chi connectivity index (χ3v) is 9.83. The minimum atomic E-state index is -3.51. The fourth-order valence-electron chi connectivity index (χ4n) is 5.76. The number of carbonyl (C=O) groups is 1. The van der Waals surface area contributed by atoms with E-state index in [4.69, 9.17) is 4.74 Å². The van der Waals surface area contributed by atoms with Crippen molar-refractivity contribution in [2.45, 2.75) is 57.4 Å². The van der Waals surface area contributed by atoms with Crippen molar-refractivity contribution in [2.75, 3.05) is 78.7 Å². The molecule has 0 aromatic rings. The number of nitrogens with one attached hydrogen (secondary N) is 1. The lowest BCUT2D eigenvalue weighted by Crippen LogP contribution is -2.53. The summed E-state index contributed by atoms with van der Waals surface area (Å²) in [6, 6.07) is 0.808. The second kappa shape index (κ2) is 12.3. The topological polar surface area (TPSA) is 85.4 Å². The van der Waals surface area contributed by atoms with Crippen LogP contribution < -0.4 is 5.32 Å². The second-order valence-electron chi connectivity index (χ2n) is 10.0. The van der Waals surface area contributed by atoms with Crippen LogP contribution in [0.15, 0.2) is 0 Å². The van der Waals surface area contributed by atoms with Gasteiger partial charge in [0.1, 0.15) is 0 Å². The Morgan fingerprint density at radius 1 is 0.848 bits per heavy atom. The SMILES string of the molecule is O=C(NCCCN1CCN(C2CCCCC2)CC1)[C@H]1CCCN(S(=O)(=O)N2CCOCC2)C1. The van der Waals surface area contributed by atoms with Crippen molar-refractivity contribution in [3.8, 4) is 0 Å². The average Bonchev–Trinajstić information content (AvgIpc) is 2.88. The Labute approximate surface area is 200 Å². The molecule has 0 bridgehead atoms. The van der Waals surface area contributed by atoms with Gasteiger partial charge in [-0.25, -0.2) is 0 Å². The molecule has 1 aliphatic carbocycles. The number of piperidine rings is 1. The fourth-order valence-corrected chi connectivity index (χ4v) is 7.43. The molecular weight excluding hydrogens is 442 g/mol. The first-order valence-corrected chi connectivity index (χ1v) is 14.5. The molecule has 0 aromatic heterocycles. The maximum Gasteiger partial charge on any atom is 0.282 e. The lowest BCUT2D eigenvalue weighted by molar-refractivity contribution is -0.126. The molecule has 0 radical (unpaired) electrons. The number of hydrogen-bond donors (Lipinski definition) is 1. The van der Waals surface area contributed by atoms with Crippen molar-refractivity contribution in [1.82, 2.24) is 23.7 Å². The predicted octanol–water partition coefficient (Wildman–Crippen LogP) is 0.732. The highest BCUT2D eigenvalue weighted by Crippen LogP contribution is 2.24. The summed E-state index contributed by atoms with van der Waals surface area (Å²) in [5, 5.41) is 3.07. The first kappa shape index (κ1) is 25.3. The number of amides is 1. The van der Waals surface area contributed by atoms with Crippen molar-refractivity contribution in [3.05, 3.63) is 0 Å². The van der Waals surface area contributed by atoms with E-state index in [1.165, 1.54) is 53.8 Å². The maximum atomic E-state index is 12.9. The van der Waals surface area contributed by atoms with Crippen LogP contribution in [0.2, 0.25) is 0 Å². The Kier molecular flexibility index (Phi) is 9.41. The number of rotatable bonds is 8. The van der Waals surface area contributed by atoms with Crippen LogP contribution in [0.5, 0.6) is 0 Å². The van der Waals surface area contributed by atoms with Crippen LogP contribution in [0.1, 0.15) is 51.4 Å². The van der Waals surface area contributed by atoms with Gasteiger partial charge in [-0.3, -0.25) is 9.69 Å². The molecule has 1 amide bonds. The number of hydrogen-bond acceptors (Lipinski definition) is 6. The Bertz CT molecular complexity index is 716. The number of carbonyl (C=O) groups excluding carboxylic acids is 1. The molecule has 1 atom stereocenters. The van der Waals surface area contributed by atoms with E-state index in [9.17, 15) is 13.2 Å². The third kappa shape index (κ3) is 6.89. The molecule has 10 heteroatoms. The van der Waals surface area contributed by atoms with Gasteiger partial charge >= 0.3 is 0 Å². The van der Waals surface area contributed by atoms with Crippen LogP contribution in [-0.4, -0.2) is 117 Å². The summed E-state index contributed by atoms with van der Waals surface area (Å²) in [4.78, 5) is 17.9. The van der Waals surface area contributed by atoms with Crippen LogP contribution in [0.25, 0.3) is 0 Å². The summed E-state index contributed by atoms with van der Waals surface area (Å²) in [7, 11) is -3.51. The molecule has 4 fully saturated rings. The summed E-state index contributed by atoms with van der Waals surface area (Å²) >= 11 is 0.